The SMILES string of the molecule is COc1cc2c(cc1OC)C(/C=C/c1ccc([N+](=O)[O-])cc1)=NNC(C)C2. The van der Waals surface area contributed by atoms with Crippen LogP contribution in [0.1, 0.15) is 23.6 Å². The summed E-state index contributed by atoms with van der Waals surface area (Å²) in [7, 11) is 3.22. The highest BCUT2D eigenvalue weighted by Gasteiger charge is 2.19. The predicted octanol–water partition coefficient (Wildman–Crippen LogP) is 3.56. The molecule has 2 aromatic carbocycles. The van der Waals surface area contributed by atoms with Crippen LogP contribution in [-0.2, 0) is 6.42 Å². The summed E-state index contributed by atoms with van der Waals surface area (Å²) < 4.78 is 10.8. The van der Waals surface area contributed by atoms with Crippen LogP contribution in [0.3, 0.4) is 0 Å². The number of non-ortho nitro benzene ring substituents is 1. The van der Waals surface area contributed by atoms with E-state index in [1.807, 2.05) is 24.3 Å². The third kappa shape index (κ3) is 4.08. The van der Waals surface area contributed by atoms with E-state index in [1.54, 1.807) is 26.4 Å². The van der Waals surface area contributed by atoms with Gasteiger partial charge in [-0.05, 0) is 54.8 Å². The molecule has 27 heavy (non-hydrogen) atoms. The molecule has 7 nitrogen and oxygen atoms in total. The van der Waals surface area contributed by atoms with Crippen molar-refractivity contribution in [3.8, 4) is 11.5 Å². The molecular formula is C20H21N3O4. The van der Waals surface area contributed by atoms with Gasteiger partial charge in [-0.15, -0.1) is 0 Å². The number of hydrogen-bond donors (Lipinski definition) is 1. The number of rotatable bonds is 5. The fraction of sp³-hybridized carbons (Fsp3) is 0.250. The van der Waals surface area contributed by atoms with Gasteiger partial charge in [0, 0.05) is 23.7 Å². The number of ether oxygens (including phenoxy) is 2. The first-order chi connectivity index (χ1) is 13.0. The van der Waals surface area contributed by atoms with Crippen LogP contribution in [0.25, 0.3) is 6.08 Å². The molecule has 1 aliphatic rings. The molecule has 2 aromatic rings. The first-order valence-electron chi connectivity index (χ1n) is 8.53. The van der Waals surface area contributed by atoms with E-state index in [4.69, 9.17) is 9.47 Å². The van der Waals surface area contributed by atoms with Crippen LogP contribution in [0.2, 0.25) is 0 Å². The quantitative estimate of drug-likeness (QED) is 0.645. The average Bonchev–Trinajstić information content (AvgIpc) is 2.83. The smallest absolute Gasteiger partial charge is 0.269 e. The molecule has 140 valence electrons. The molecule has 3 rings (SSSR count). The minimum absolute atomic E-state index is 0.0663. The van der Waals surface area contributed by atoms with Crippen LogP contribution in [0, 0.1) is 10.1 Å². The van der Waals surface area contributed by atoms with Gasteiger partial charge in [-0.1, -0.05) is 6.08 Å². The van der Waals surface area contributed by atoms with Crippen LogP contribution in [0.4, 0.5) is 5.69 Å². The molecule has 7 heteroatoms. The zero-order valence-electron chi connectivity index (χ0n) is 15.4. The molecule has 1 aliphatic heterocycles. The maximum absolute atomic E-state index is 10.8. The molecule has 1 atom stereocenters. The van der Waals surface area contributed by atoms with E-state index in [-0.39, 0.29) is 11.7 Å². The lowest BCUT2D eigenvalue weighted by Gasteiger charge is -2.14. The van der Waals surface area contributed by atoms with Crippen molar-refractivity contribution in [1.29, 1.82) is 0 Å². The van der Waals surface area contributed by atoms with Gasteiger partial charge in [0.25, 0.3) is 5.69 Å². The summed E-state index contributed by atoms with van der Waals surface area (Å²) in [5.74, 6) is 1.33. The van der Waals surface area contributed by atoms with Crippen molar-refractivity contribution in [1.82, 2.24) is 5.43 Å². The molecule has 0 amide bonds. The second kappa shape index (κ2) is 7.90. The Morgan fingerprint density at radius 2 is 1.81 bits per heavy atom. The molecule has 0 radical (unpaired) electrons. The number of fused-ring (bicyclic) bond motifs is 1. The molecule has 0 aliphatic carbocycles. The maximum atomic E-state index is 10.8. The van der Waals surface area contributed by atoms with Gasteiger partial charge < -0.3 is 14.9 Å². The van der Waals surface area contributed by atoms with Gasteiger partial charge in [-0.3, -0.25) is 10.1 Å². The van der Waals surface area contributed by atoms with Gasteiger partial charge in [0.05, 0.1) is 24.9 Å². The van der Waals surface area contributed by atoms with E-state index in [1.165, 1.54) is 12.1 Å². The lowest BCUT2D eigenvalue weighted by atomic mass is 9.97. The van der Waals surface area contributed by atoms with E-state index in [2.05, 4.69) is 17.5 Å². The summed E-state index contributed by atoms with van der Waals surface area (Å²) in [6.07, 6.45) is 4.56. The minimum atomic E-state index is -0.413. The number of benzene rings is 2. The lowest BCUT2D eigenvalue weighted by molar-refractivity contribution is -0.384. The van der Waals surface area contributed by atoms with Crippen molar-refractivity contribution in [2.75, 3.05) is 14.2 Å². The first kappa shape index (κ1) is 18.4. The molecule has 1 heterocycles. The van der Waals surface area contributed by atoms with E-state index in [0.29, 0.717) is 11.5 Å². The highest BCUT2D eigenvalue weighted by Crippen LogP contribution is 2.32. The molecule has 0 saturated heterocycles. The van der Waals surface area contributed by atoms with Crippen molar-refractivity contribution in [2.24, 2.45) is 5.10 Å². The Balaban J connectivity index is 1.96. The Hall–Kier alpha value is -3.35. The summed E-state index contributed by atoms with van der Waals surface area (Å²) in [6, 6.07) is 10.5. The van der Waals surface area contributed by atoms with Crippen molar-refractivity contribution >= 4 is 17.5 Å². The lowest BCUT2D eigenvalue weighted by Crippen LogP contribution is -2.21. The zero-order valence-corrected chi connectivity index (χ0v) is 15.4. The van der Waals surface area contributed by atoms with Crippen molar-refractivity contribution in [3.63, 3.8) is 0 Å². The summed E-state index contributed by atoms with van der Waals surface area (Å²) in [5.41, 5.74) is 6.89. The van der Waals surface area contributed by atoms with Crippen LogP contribution >= 0.6 is 0 Å². The number of methoxy groups -OCH3 is 2. The second-order valence-electron chi connectivity index (χ2n) is 6.28. The number of nitro groups is 1. The van der Waals surface area contributed by atoms with E-state index >= 15 is 0 Å². The van der Waals surface area contributed by atoms with Crippen LogP contribution in [0.15, 0.2) is 47.6 Å². The van der Waals surface area contributed by atoms with Gasteiger partial charge in [0.15, 0.2) is 11.5 Å². The van der Waals surface area contributed by atoms with E-state index in [0.717, 1.165) is 28.8 Å². The normalized spacial score (nSPS) is 16.1. The number of nitrogens with zero attached hydrogens (tertiary/aromatic N) is 2. The molecule has 1 unspecified atom stereocenters. The van der Waals surface area contributed by atoms with Crippen LogP contribution < -0.4 is 14.9 Å². The zero-order chi connectivity index (χ0) is 19.4. The molecular weight excluding hydrogens is 346 g/mol. The average molecular weight is 367 g/mol. The molecule has 0 saturated carbocycles. The number of nitro benzene ring substituents is 1. The molecule has 0 bridgehead atoms. The minimum Gasteiger partial charge on any atom is -0.493 e. The number of hydrazone groups is 1. The van der Waals surface area contributed by atoms with E-state index in [9.17, 15) is 10.1 Å². The highest BCUT2D eigenvalue weighted by atomic mass is 16.6. The third-order valence-electron chi connectivity index (χ3n) is 4.35. The van der Waals surface area contributed by atoms with Gasteiger partial charge >= 0.3 is 0 Å². The Labute approximate surface area is 157 Å². The van der Waals surface area contributed by atoms with Crippen LogP contribution in [0.5, 0.6) is 11.5 Å². The second-order valence-corrected chi connectivity index (χ2v) is 6.28. The highest BCUT2D eigenvalue weighted by molar-refractivity contribution is 6.12. The molecule has 0 aromatic heterocycles. The monoisotopic (exact) mass is 367 g/mol. The fourth-order valence-corrected chi connectivity index (χ4v) is 2.95. The Morgan fingerprint density at radius 1 is 1.15 bits per heavy atom. The third-order valence-corrected chi connectivity index (χ3v) is 4.35. The van der Waals surface area contributed by atoms with Crippen molar-refractivity contribution < 1.29 is 14.4 Å². The number of hydrogen-bond acceptors (Lipinski definition) is 6. The predicted molar refractivity (Wildman–Crippen MR) is 105 cm³/mol. The van der Waals surface area contributed by atoms with Crippen LogP contribution in [-0.4, -0.2) is 30.9 Å². The van der Waals surface area contributed by atoms with Gasteiger partial charge in [0.2, 0.25) is 0 Å². The molecule has 0 spiro atoms. The summed E-state index contributed by atoms with van der Waals surface area (Å²) >= 11 is 0. The molecule has 0 fully saturated rings. The van der Waals surface area contributed by atoms with Crippen molar-refractivity contribution in [3.05, 3.63) is 69.3 Å². The summed E-state index contributed by atoms with van der Waals surface area (Å²) in [5, 5.41) is 15.3. The van der Waals surface area contributed by atoms with Gasteiger partial charge in [-0.2, -0.15) is 5.10 Å². The standard InChI is InChI=1S/C20H21N3O4/c1-13-10-15-11-19(26-2)20(27-3)12-17(15)18(22-21-13)9-6-14-4-7-16(8-5-14)23(24)25/h4-9,11-13,21H,10H2,1-3H3/b9-6+. The largest absolute Gasteiger partial charge is 0.493 e. The summed E-state index contributed by atoms with van der Waals surface area (Å²) in [4.78, 5) is 10.4. The first-order valence-corrected chi connectivity index (χ1v) is 8.53. The fourth-order valence-electron chi connectivity index (χ4n) is 2.95. The number of allylic oxidation sites excluding steroid dienone is 1. The Bertz CT molecular complexity index is 904. The van der Waals surface area contributed by atoms with E-state index < -0.39 is 4.92 Å². The maximum Gasteiger partial charge on any atom is 0.269 e. The Morgan fingerprint density at radius 3 is 2.44 bits per heavy atom. The summed E-state index contributed by atoms with van der Waals surface area (Å²) in [6.45, 7) is 2.06. The molecule has 1 N–H and O–H groups in total. The van der Waals surface area contributed by atoms with Crippen molar-refractivity contribution in [2.45, 2.75) is 19.4 Å². The number of nitrogens with one attached hydrogen (secondary N) is 1. The van der Waals surface area contributed by atoms with Gasteiger partial charge in [0.1, 0.15) is 0 Å². The topological polar surface area (TPSA) is 86.0 Å². The Kier molecular flexibility index (Phi) is 5.40. The van der Waals surface area contributed by atoms with Gasteiger partial charge in [-0.25, -0.2) is 0 Å².